The number of piperidine rings is 1. The molecule has 0 spiro atoms. The van der Waals surface area contributed by atoms with Gasteiger partial charge >= 0.3 is 12.4 Å². The number of urea groups is 1. The van der Waals surface area contributed by atoms with Crippen LogP contribution in [0.1, 0.15) is 30.7 Å². The maximum Gasteiger partial charge on any atom is 0.573 e. The molecule has 0 radical (unpaired) electrons. The molecule has 3 fully saturated rings. The number of benzene rings is 1. The fraction of sp³-hybridized carbons (Fsp3) is 0.600. The Morgan fingerprint density at radius 1 is 1.07 bits per heavy atom. The molecule has 158 valence electrons. The zero-order valence-corrected chi connectivity index (χ0v) is 15.9. The number of hydrogen-bond acceptors (Lipinski definition) is 4. The molecule has 0 aliphatic carbocycles. The second kappa shape index (κ2) is 7.85. The van der Waals surface area contributed by atoms with Crippen LogP contribution >= 0.6 is 0 Å². The molecule has 2 amide bonds. The Labute approximate surface area is 166 Å². The van der Waals surface area contributed by atoms with Gasteiger partial charge in [-0.3, -0.25) is 4.79 Å². The van der Waals surface area contributed by atoms with Gasteiger partial charge in [-0.25, -0.2) is 4.79 Å². The van der Waals surface area contributed by atoms with Crippen molar-refractivity contribution in [2.24, 2.45) is 5.92 Å². The second-order valence-corrected chi connectivity index (χ2v) is 7.92. The van der Waals surface area contributed by atoms with E-state index in [0.717, 1.165) is 18.4 Å². The lowest BCUT2D eigenvalue weighted by Gasteiger charge is -2.41. The molecular formula is C20H23F3N2O4. The summed E-state index contributed by atoms with van der Waals surface area (Å²) in [6, 6.07) is 5.81. The monoisotopic (exact) mass is 412 g/mol. The molecule has 0 N–H and O–H groups in total. The Morgan fingerprint density at radius 2 is 1.76 bits per heavy atom. The highest BCUT2D eigenvalue weighted by atomic mass is 19.4. The summed E-state index contributed by atoms with van der Waals surface area (Å²) in [7, 11) is 0. The molecule has 6 nitrogen and oxygen atoms in total. The van der Waals surface area contributed by atoms with Crippen molar-refractivity contribution in [3.63, 3.8) is 0 Å². The highest BCUT2D eigenvalue weighted by Gasteiger charge is 2.39. The van der Waals surface area contributed by atoms with Crippen LogP contribution in [0.3, 0.4) is 0 Å². The minimum Gasteiger partial charge on any atom is -0.406 e. The number of ether oxygens (including phenoxy) is 2. The molecule has 1 aromatic rings. The number of ketones is 1. The second-order valence-electron chi connectivity index (χ2n) is 7.92. The van der Waals surface area contributed by atoms with E-state index in [9.17, 15) is 22.8 Å². The third-order valence-electron chi connectivity index (χ3n) is 5.93. The van der Waals surface area contributed by atoms with E-state index in [1.807, 2.05) is 0 Å². The van der Waals surface area contributed by atoms with Gasteiger partial charge in [0.15, 0.2) is 5.78 Å². The first-order valence-electron chi connectivity index (χ1n) is 9.81. The summed E-state index contributed by atoms with van der Waals surface area (Å²) in [5.74, 6) is -0.0245. The number of carbonyl (C=O) groups is 2. The molecule has 1 unspecified atom stereocenters. The van der Waals surface area contributed by atoms with Crippen molar-refractivity contribution >= 4 is 11.8 Å². The summed E-state index contributed by atoms with van der Waals surface area (Å²) in [4.78, 5) is 28.2. The minimum absolute atomic E-state index is 0.0407. The van der Waals surface area contributed by atoms with Gasteiger partial charge in [0.1, 0.15) is 12.4 Å². The third-order valence-corrected chi connectivity index (χ3v) is 5.93. The molecule has 3 heterocycles. The molecule has 4 rings (SSSR count). The molecule has 9 heteroatoms. The quantitative estimate of drug-likeness (QED) is 0.749. The van der Waals surface area contributed by atoms with Gasteiger partial charge < -0.3 is 19.3 Å². The minimum atomic E-state index is -4.71. The Bertz CT molecular complexity index is 768. The summed E-state index contributed by atoms with van der Waals surface area (Å²) in [5.41, 5.74) is 0.889. The number of rotatable bonds is 2. The number of halogens is 3. The van der Waals surface area contributed by atoms with E-state index in [1.165, 1.54) is 12.1 Å². The van der Waals surface area contributed by atoms with Crippen LogP contribution in [-0.2, 0) is 9.53 Å². The molecule has 0 saturated carbocycles. The van der Waals surface area contributed by atoms with E-state index in [4.69, 9.17) is 4.74 Å². The van der Waals surface area contributed by atoms with Crippen molar-refractivity contribution in [1.82, 2.24) is 9.80 Å². The number of Topliss-reactive ketones (excluding diaryl/α,β-unsaturated/α-hetero) is 1. The first-order valence-corrected chi connectivity index (χ1v) is 9.81. The van der Waals surface area contributed by atoms with E-state index < -0.39 is 6.36 Å². The molecule has 0 aromatic heterocycles. The summed E-state index contributed by atoms with van der Waals surface area (Å²) < 4.78 is 46.3. The zero-order chi connectivity index (χ0) is 20.6. The average molecular weight is 412 g/mol. The van der Waals surface area contributed by atoms with Gasteiger partial charge in [-0.05, 0) is 30.5 Å². The number of fused-ring (bicyclic) bond motifs is 1. The van der Waals surface area contributed by atoms with Gasteiger partial charge in [0.25, 0.3) is 0 Å². The Balaban J connectivity index is 1.33. The first kappa shape index (κ1) is 20.0. The van der Waals surface area contributed by atoms with Gasteiger partial charge in [0.2, 0.25) is 0 Å². The van der Waals surface area contributed by atoms with Gasteiger partial charge in [0, 0.05) is 44.4 Å². The van der Waals surface area contributed by atoms with Crippen molar-refractivity contribution < 1.29 is 32.2 Å². The molecule has 0 bridgehead atoms. The predicted molar refractivity (Wildman–Crippen MR) is 96.5 cm³/mol. The van der Waals surface area contributed by atoms with Crippen molar-refractivity contribution in [2.45, 2.75) is 37.6 Å². The number of carbonyl (C=O) groups excluding carboxylic acids is 2. The fourth-order valence-corrected chi connectivity index (χ4v) is 4.50. The topological polar surface area (TPSA) is 59.1 Å². The lowest BCUT2D eigenvalue weighted by atomic mass is 9.88. The Kier molecular flexibility index (Phi) is 5.42. The van der Waals surface area contributed by atoms with Crippen LogP contribution in [0.5, 0.6) is 5.75 Å². The standard InChI is InChI=1S/C20H23F3N2O4/c21-20(22,23)29-17-3-1-13(2-4-17)14-5-7-24(10-14)19(27)25-8-6-18-15(11-25)9-16(26)12-28-18/h1-4,14-15,18H,5-12H2/t14?,15-,18+/m1/s1. The first-order chi connectivity index (χ1) is 13.8. The van der Waals surface area contributed by atoms with Crippen molar-refractivity contribution in [3.8, 4) is 5.75 Å². The normalized spacial score (nSPS) is 27.7. The molecule has 1 aromatic carbocycles. The molecule has 3 atom stereocenters. The zero-order valence-electron chi connectivity index (χ0n) is 15.9. The summed E-state index contributed by atoms with van der Waals surface area (Å²) in [6.45, 7) is 2.44. The largest absolute Gasteiger partial charge is 0.573 e. The van der Waals surface area contributed by atoms with E-state index in [-0.39, 0.29) is 42.1 Å². The molecule has 3 aliphatic rings. The number of nitrogens with zero attached hydrogens (tertiary/aromatic N) is 2. The smallest absolute Gasteiger partial charge is 0.406 e. The van der Waals surface area contributed by atoms with Crippen LogP contribution in [0.2, 0.25) is 0 Å². The van der Waals surface area contributed by atoms with Gasteiger partial charge in [-0.2, -0.15) is 0 Å². The average Bonchev–Trinajstić information content (AvgIpc) is 3.16. The Morgan fingerprint density at radius 3 is 2.48 bits per heavy atom. The number of hydrogen-bond donors (Lipinski definition) is 0. The molecule has 3 aliphatic heterocycles. The summed E-state index contributed by atoms with van der Waals surface area (Å²) in [5, 5.41) is 0. The van der Waals surface area contributed by atoms with Gasteiger partial charge in [0.05, 0.1) is 6.10 Å². The summed E-state index contributed by atoms with van der Waals surface area (Å²) in [6.07, 6.45) is -2.70. The van der Waals surface area contributed by atoms with Crippen molar-refractivity contribution in [2.75, 3.05) is 32.8 Å². The highest BCUT2D eigenvalue weighted by molar-refractivity contribution is 5.81. The van der Waals surface area contributed by atoms with Crippen molar-refractivity contribution in [1.29, 1.82) is 0 Å². The lowest BCUT2D eigenvalue weighted by Crippen LogP contribution is -2.53. The maximum absolute atomic E-state index is 12.9. The predicted octanol–water partition coefficient (Wildman–Crippen LogP) is 3.17. The molecular weight excluding hydrogens is 389 g/mol. The maximum atomic E-state index is 12.9. The van der Waals surface area contributed by atoms with Crippen LogP contribution in [0, 0.1) is 5.92 Å². The van der Waals surface area contributed by atoms with Crippen molar-refractivity contribution in [3.05, 3.63) is 29.8 Å². The van der Waals surface area contributed by atoms with Gasteiger partial charge in [-0.15, -0.1) is 13.2 Å². The number of likely N-dealkylation sites (tertiary alicyclic amines) is 2. The third kappa shape index (κ3) is 4.66. The van der Waals surface area contributed by atoms with Crippen LogP contribution in [-0.4, -0.2) is 66.9 Å². The summed E-state index contributed by atoms with van der Waals surface area (Å²) >= 11 is 0. The molecule has 3 saturated heterocycles. The van der Waals surface area contributed by atoms with Crippen LogP contribution < -0.4 is 4.74 Å². The van der Waals surface area contributed by atoms with Crippen LogP contribution in [0.15, 0.2) is 24.3 Å². The lowest BCUT2D eigenvalue weighted by molar-refractivity contribution is -0.274. The van der Waals surface area contributed by atoms with Gasteiger partial charge in [-0.1, -0.05) is 12.1 Å². The van der Waals surface area contributed by atoms with E-state index in [0.29, 0.717) is 32.6 Å². The SMILES string of the molecule is O=C1CO[C@H]2CCN(C(=O)N3CCC(c4ccc(OC(F)(F)F)cc4)C3)C[C@H]2C1. The van der Waals surface area contributed by atoms with Crippen LogP contribution in [0.4, 0.5) is 18.0 Å². The van der Waals surface area contributed by atoms with E-state index in [1.54, 1.807) is 21.9 Å². The van der Waals surface area contributed by atoms with E-state index in [2.05, 4.69) is 4.74 Å². The number of amides is 2. The fourth-order valence-electron chi connectivity index (χ4n) is 4.50. The highest BCUT2D eigenvalue weighted by Crippen LogP contribution is 2.32. The molecule has 29 heavy (non-hydrogen) atoms. The van der Waals surface area contributed by atoms with E-state index >= 15 is 0 Å². The Hall–Kier alpha value is -2.29. The van der Waals surface area contributed by atoms with Crippen LogP contribution in [0.25, 0.3) is 0 Å². The number of alkyl halides is 3.